The molecule has 3 rings (SSSR count). The molecule has 0 aromatic carbocycles. The average Bonchev–Trinajstić information content (AvgIpc) is 3.00. The van der Waals surface area contributed by atoms with Crippen LogP contribution in [0.3, 0.4) is 0 Å². The van der Waals surface area contributed by atoms with E-state index in [1.807, 2.05) is 26.2 Å². The SMILES string of the molecule is Cc1noc(C)c1CCSCc1cc(=O)n2c(C)csc2n1. The number of thioether (sulfide) groups is 1. The maximum atomic E-state index is 12.1. The van der Waals surface area contributed by atoms with Crippen molar-refractivity contribution in [3.05, 3.63) is 50.2 Å². The number of nitrogens with zero attached hydrogens (tertiary/aromatic N) is 3. The Labute approximate surface area is 136 Å². The van der Waals surface area contributed by atoms with Crippen LogP contribution in [0.2, 0.25) is 0 Å². The van der Waals surface area contributed by atoms with E-state index in [-0.39, 0.29) is 5.56 Å². The zero-order valence-electron chi connectivity index (χ0n) is 12.8. The summed E-state index contributed by atoms with van der Waals surface area (Å²) in [4.78, 5) is 17.4. The molecule has 0 fully saturated rings. The molecule has 0 amide bonds. The summed E-state index contributed by atoms with van der Waals surface area (Å²) in [6.07, 6.45) is 0.922. The summed E-state index contributed by atoms with van der Waals surface area (Å²) in [7, 11) is 0. The van der Waals surface area contributed by atoms with Crippen molar-refractivity contribution in [2.75, 3.05) is 5.75 Å². The van der Waals surface area contributed by atoms with Crippen molar-refractivity contribution < 1.29 is 4.52 Å². The molecule has 5 nitrogen and oxygen atoms in total. The topological polar surface area (TPSA) is 60.4 Å². The quantitative estimate of drug-likeness (QED) is 0.670. The van der Waals surface area contributed by atoms with Gasteiger partial charge in [-0.3, -0.25) is 9.20 Å². The molecule has 0 radical (unpaired) electrons. The Morgan fingerprint density at radius 1 is 1.36 bits per heavy atom. The fourth-order valence-electron chi connectivity index (χ4n) is 2.38. The van der Waals surface area contributed by atoms with Crippen molar-refractivity contribution in [1.29, 1.82) is 0 Å². The van der Waals surface area contributed by atoms with Crippen molar-refractivity contribution in [2.45, 2.75) is 32.9 Å². The van der Waals surface area contributed by atoms with E-state index in [1.165, 1.54) is 16.9 Å². The average molecular weight is 335 g/mol. The molecule has 116 valence electrons. The first kappa shape index (κ1) is 15.3. The standard InChI is InChI=1S/C15H17N3O2S2/c1-9-7-22-15-16-12(6-14(19)18(9)15)8-21-5-4-13-10(2)17-20-11(13)3/h6-7H,4-5,8H2,1-3H3. The number of hydrogen-bond donors (Lipinski definition) is 0. The summed E-state index contributed by atoms with van der Waals surface area (Å²) in [5, 5.41) is 5.92. The summed E-state index contributed by atoms with van der Waals surface area (Å²) < 4.78 is 6.82. The first-order valence-corrected chi connectivity index (χ1v) is 9.06. The van der Waals surface area contributed by atoms with E-state index < -0.39 is 0 Å². The fourth-order valence-corrected chi connectivity index (χ4v) is 4.13. The van der Waals surface area contributed by atoms with Crippen LogP contribution in [0, 0.1) is 20.8 Å². The summed E-state index contributed by atoms with van der Waals surface area (Å²) in [5.74, 6) is 2.59. The largest absolute Gasteiger partial charge is 0.361 e. The highest BCUT2D eigenvalue weighted by atomic mass is 32.2. The second-order valence-corrected chi connectivity index (χ2v) is 7.13. The molecule has 0 aliphatic heterocycles. The van der Waals surface area contributed by atoms with E-state index in [0.29, 0.717) is 0 Å². The van der Waals surface area contributed by atoms with E-state index in [2.05, 4.69) is 10.1 Å². The van der Waals surface area contributed by atoms with Gasteiger partial charge >= 0.3 is 0 Å². The lowest BCUT2D eigenvalue weighted by Crippen LogP contribution is -2.14. The molecule has 0 spiro atoms. The van der Waals surface area contributed by atoms with Crippen molar-refractivity contribution in [3.63, 3.8) is 0 Å². The zero-order chi connectivity index (χ0) is 15.7. The van der Waals surface area contributed by atoms with Crippen molar-refractivity contribution in [1.82, 2.24) is 14.5 Å². The van der Waals surface area contributed by atoms with Gasteiger partial charge in [-0.15, -0.1) is 11.3 Å². The van der Waals surface area contributed by atoms with E-state index in [1.54, 1.807) is 22.2 Å². The van der Waals surface area contributed by atoms with Crippen LogP contribution in [0.1, 0.15) is 28.4 Å². The third-order valence-corrected chi connectivity index (χ3v) is 5.49. The van der Waals surface area contributed by atoms with Gasteiger partial charge in [0, 0.05) is 28.5 Å². The predicted molar refractivity (Wildman–Crippen MR) is 89.9 cm³/mol. The van der Waals surface area contributed by atoms with Gasteiger partial charge in [0.05, 0.1) is 11.4 Å². The summed E-state index contributed by atoms with van der Waals surface area (Å²) in [5.41, 5.74) is 3.94. The van der Waals surface area contributed by atoms with Gasteiger partial charge in [0.25, 0.3) is 5.56 Å². The molecule has 3 heterocycles. The molecule has 0 aliphatic rings. The van der Waals surface area contributed by atoms with Crippen molar-refractivity contribution in [3.8, 4) is 0 Å². The molecule has 0 unspecified atom stereocenters. The molecule has 7 heteroatoms. The van der Waals surface area contributed by atoms with Crippen LogP contribution < -0.4 is 5.56 Å². The maximum Gasteiger partial charge on any atom is 0.258 e. The second-order valence-electron chi connectivity index (χ2n) is 5.19. The minimum absolute atomic E-state index is 0.00470. The lowest BCUT2D eigenvalue weighted by molar-refractivity contribution is 0.392. The number of thiazole rings is 1. The van der Waals surface area contributed by atoms with Crippen LogP contribution in [-0.4, -0.2) is 20.3 Å². The van der Waals surface area contributed by atoms with E-state index >= 15 is 0 Å². The Morgan fingerprint density at radius 2 is 2.18 bits per heavy atom. The van der Waals surface area contributed by atoms with Gasteiger partial charge < -0.3 is 4.52 Å². The highest BCUT2D eigenvalue weighted by molar-refractivity contribution is 7.98. The van der Waals surface area contributed by atoms with Crippen LogP contribution in [0.15, 0.2) is 20.8 Å². The molecule has 0 N–H and O–H groups in total. The first-order chi connectivity index (χ1) is 10.6. The number of hydrogen-bond acceptors (Lipinski definition) is 6. The molecule has 0 saturated heterocycles. The Morgan fingerprint density at radius 3 is 2.91 bits per heavy atom. The third kappa shape index (κ3) is 2.96. The molecule has 22 heavy (non-hydrogen) atoms. The molecule has 3 aromatic rings. The smallest absolute Gasteiger partial charge is 0.258 e. The monoisotopic (exact) mass is 335 g/mol. The van der Waals surface area contributed by atoms with Gasteiger partial charge in [0.1, 0.15) is 5.76 Å². The van der Waals surface area contributed by atoms with Gasteiger partial charge in [-0.25, -0.2) is 4.98 Å². The lowest BCUT2D eigenvalue weighted by Gasteiger charge is -2.02. The van der Waals surface area contributed by atoms with Crippen LogP contribution in [0.4, 0.5) is 0 Å². The molecule has 0 atom stereocenters. The Balaban J connectivity index is 1.64. The number of aromatic nitrogens is 3. The minimum Gasteiger partial charge on any atom is -0.361 e. The van der Waals surface area contributed by atoms with Crippen molar-refractivity contribution >= 4 is 28.1 Å². The first-order valence-electron chi connectivity index (χ1n) is 7.02. The van der Waals surface area contributed by atoms with Crippen LogP contribution in [0.5, 0.6) is 0 Å². The van der Waals surface area contributed by atoms with E-state index in [0.717, 1.165) is 45.7 Å². The van der Waals surface area contributed by atoms with Crippen LogP contribution >= 0.6 is 23.1 Å². The van der Waals surface area contributed by atoms with Crippen LogP contribution in [-0.2, 0) is 12.2 Å². The molecule has 0 saturated carbocycles. The molecule has 0 bridgehead atoms. The summed E-state index contributed by atoms with van der Waals surface area (Å²) in [6, 6.07) is 1.63. The van der Waals surface area contributed by atoms with E-state index in [4.69, 9.17) is 4.52 Å². The zero-order valence-corrected chi connectivity index (χ0v) is 14.4. The molecular formula is C15H17N3O2S2. The van der Waals surface area contributed by atoms with Crippen LogP contribution in [0.25, 0.3) is 4.96 Å². The normalized spacial score (nSPS) is 11.4. The van der Waals surface area contributed by atoms with Gasteiger partial charge in [-0.05, 0) is 32.9 Å². The highest BCUT2D eigenvalue weighted by Crippen LogP contribution is 2.18. The third-order valence-electron chi connectivity index (χ3n) is 3.56. The van der Waals surface area contributed by atoms with Crippen molar-refractivity contribution in [2.24, 2.45) is 0 Å². The number of aryl methyl sites for hydroxylation is 3. The molecule has 3 aromatic heterocycles. The number of rotatable bonds is 5. The maximum absolute atomic E-state index is 12.1. The highest BCUT2D eigenvalue weighted by Gasteiger charge is 2.09. The van der Waals surface area contributed by atoms with Gasteiger partial charge in [-0.1, -0.05) is 5.16 Å². The lowest BCUT2D eigenvalue weighted by atomic mass is 10.1. The Bertz CT molecular complexity index is 844. The van der Waals surface area contributed by atoms with Gasteiger partial charge in [0.15, 0.2) is 4.96 Å². The fraction of sp³-hybridized carbons (Fsp3) is 0.400. The molecule has 0 aliphatic carbocycles. The summed E-state index contributed by atoms with van der Waals surface area (Å²) >= 11 is 3.28. The second kappa shape index (κ2) is 6.26. The molecular weight excluding hydrogens is 318 g/mol. The van der Waals surface area contributed by atoms with Gasteiger partial charge in [0.2, 0.25) is 0 Å². The summed E-state index contributed by atoms with van der Waals surface area (Å²) in [6.45, 7) is 5.83. The Kier molecular flexibility index (Phi) is 4.35. The minimum atomic E-state index is 0.00470. The Hall–Kier alpha value is -1.60. The predicted octanol–water partition coefficient (Wildman–Crippen LogP) is 3.15. The van der Waals surface area contributed by atoms with E-state index in [9.17, 15) is 4.79 Å². The van der Waals surface area contributed by atoms with Gasteiger partial charge in [-0.2, -0.15) is 11.8 Å². The number of fused-ring (bicyclic) bond motifs is 1.